The van der Waals surface area contributed by atoms with Crippen LogP contribution in [0, 0.1) is 6.92 Å². The van der Waals surface area contributed by atoms with Gasteiger partial charge in [0.25, 0.3) is 5.91 Å². The van der Waals surface area contributed by atoms with E-state index in [0.29, 0.717) is 5.56 Å². The van der Waals surface area contributed by atoms with Crippen LogP contribution in [0.3, 0.4) is 0 Å². The fourth-order valence-electron chi connectivity index (χ4n) is 2.93. The molecule has 27 heavy (non-hydrogen) atoms. The highest BCUT2D eigenvalue weighted by atomic mass is 32.1. The van der Waals surface area contributed by atoms with Crippen LogP contribution < -0.4 is 10.1 Å². The van der Waals surface area contributed by atoms with Crippen molar-refractivity contribution in [2.24, 2.45) is 0 Å². The van der Waals surface area contributed by atoms with Crippen LogP contribution in [0.25, 0.3) is 20.8 Å². The van der Waals surface area contributed by atoms with Crippen LogP contribution in [0.2, 0.25) is 0 Å². The minimum absolute atomic E-state index is 0.151. The van der Waals surface area contributed by atoms with Crippen molar-refractivity contribution in [1.29, 1.82) is 0 Å². The van der Waals surface area contributed by atoms with Crippen molar-refractivity contribution in [1.82, 2.24) is 4.98 Å². The number of methoxy groups -OCH3 is 1. The maximum atomic E-state index is 12.6. The summed E-state index contributed by atoms with van der Waals surface area (Å²) in [6.45, 7) is 2.00. The number of nitrogens with zero attached hydrogens (tertiary/aromatic N) is 1. The lowest BCUT2D eigenvalue weighted by molar-refractivity contribution is 0.102. The molecule has 0 aliphatic rings. The van der Waals surface area contributed by atoms with Gasteiger partial charge in [0.15, 0.2) is 0 Å². The summed E-state index contributed by atoms with van der Waals surface area (Å²) in [5.41, 5.74) is 4.39. The van der Waals surface area contributed by atoms with Gasteiger partial charge >= 0.3 is 0 Å². The minimum atomic E-state index is -0.151. The van der Waals surface area contributed by atoms with Gasteiger partial charge < -0.3 is 10.1 Å². The number of nitrogens with one attached hydrogen (secondary N) is 1. The molecule has 0 unspecified atom stereocenters. The minimum Gasteiger partial charge on any atom is -0.497 e. The molecule has 1 aromatic heterocycles. The van der Waals surface area contributed by atoms with Gasteiger partial charge in [0.05, 0.1) is 17.3 Å². The van der Waals surface area contributed by atoms with E-state index in [-0.39, 0.29) is 5.91 Å². The van der Waals surface area contributed by atoms with Crippen LogP contribution in [-0.2, 0) is 0 Å². The summed E-state index contributed by atoms with van der Waals surface area (Å²) >= 11 is 1.65. The van der Waals surface area contributed by atoms with Crippen LogP contribution in [0.5, 0.6) is 5.75 Å². The Morgan fingerprint density at radius 2 is 1.78 bits per heavy atom. The number of hydrogen-bond acceptors (Lipinski definition) is 4. The number of hydrogen-bond donors (Lipinski definition) is 1. The Bertz CT molecular complexity index is 1080. The Balaban J connectivity index is 1.64. The van der Waals surface area contributed by atoms with Gasteiger partial charge in [-0.3, -0.25) is 4.79 Å². The second-order valence-electron chi connectivity index (χ2n) is 6.15. The number of benzene rings is 3. The molecule has 0 saturated carbocycles. The third kappa shape index (κ3) is 3.41. The Morgan fingerprint density at radius 3 is 2.52 bits per heavy atom. The van der Waals surface area contributed by atoms with E-state index in [4.69, 9.17) is 9.72 Å². The number of aromatic nitrogens is 1. The van der Waals surface area contributed by atoms with Gasteiger partial charge in [-0.05, 0) is 55.0 Å². The first kappa shape index (κ1) is 17.2. The second kappa shape index (κ2) is 7.21. The third-order valence-electron chi connectivity index (χ3n) is 4.46. The molecule has 0 atom stereocenters. The van der Waals surface area contributed by atoms with Crippen molar-refractivity contribution in [2.45, 2.75) is 6.92 Å². The van der Waals surface area contributed by atoms with E-state index in [2.05, 4.69) is 11.4 Å². The van der Waals surface area contributed by atoms with Crippen LogP contribution in [0.15, 0.2) is 66.7 Å². The molecule has 0 spiro atoms. The average molecular weight is 374 g/mol. The van der Waals surface area contributed by atoms with Gasteiger partial charge in [0.1, 0.15) is 10.8 Å². The number of carbonyl (C=O) groups excluding carboxylic acids is 1. The number of para-hydroxylation sites is 1. The summed E-state index contributed by atoms with van der Waals surface area (Å²) in [7, 11) is 1.60. The van der Waals surface area contributed by atoms with E-state index in [1.54, 1.807) is 42.7 Å². The maximum Gasteiger partial charge on any atom is 0.255 e. The van der Waals surface area contributed by atoms with Crippen molar-refractivity contribution in [3.63, 3.8) is 0 Å². The molecule has 134 valence electrons. The molecule has 4 aromatic rings. The summed E-state index contributed by atoms with van der Waals surface area (Å²) in [5, 5.41) is 3.96. The summed E-state index contributed by atoms with van der Waals surface area (Å²) in [4.78, 5) is 17.3. The molecule has 1 heterocycles. The monoisotopic (exact) mass is 374 g/mol. The van der Waals surface area contributed by atoms with E-state index in [9.17, 15) is 4.79 Å². The van der Waals surface area contributed by atoms with E-state index < -0.39 is 0 Å². The molecule has 1 amide bonds. The van der Waals surface area contributed by atoms with Crippen molar-refractivity contribution in [3.05, 3.63) is 77.9 Å². The lowest BCUT2D eigenvalue weighted by atomic mass is 10.1. The third-order valence-corrected chi connectivity index (χ3v) is 5.53. The fraction of sp³-hybridized carbons (Fsp3) is 0.0909. The molecule has 0 saturated heterocycles. The quantitative estimate of drug-likeness (QED) is 0.511. The largest absolute Gasteiger partial charge is 0.497 e. The van der Waals surface area contributed by atoms with Crippen LogP contribution in [-0.4, -0.2) is 18.0 Å². The highest BCUT2D eigenvalue weighted by Gasteiger charge is 2.13. The molecule has 0 fully saturated rings. The fourth-order valence-corrected chi connectivity index (χ4v) is 3.98. The molecule has 4 rings (SSSR count). The Kier molecular flexibility index (Phi) is 4.60. The lowest BCUT2D eigenvalue weighted by Gasteiger charge is -2.11. The first-order chi connectivity index (χ1) is 13.2. The molecular weight excluding hydrogens is 356 g/mol. The number of carbonyl (C=O) groups is 1. The first-order valence-corrected chi connectivity index (χ1v) is 9.38. The normalized spacial score (nSPS) is 10.7. The molecule has 5 heteroatoms. The lowest BCUT2D eigenvalue weighted by Crippen LogP contribution is -2.12. The van der Waals surface area contributed by atoms with Gasteiger partial charge in [-0.2, -0.15) is 0 Å². The number of ether oxygens (including phenoxy) is 1. The Morgan fingerprint density at radius 1 is 1.00 bits per heavy atom. The molecule has 0 radical (unpaired) electrons. The van der Waals surface area contributed by atoms with Crippen molar-refractivity contribution >= 4 is 33.1 Å². The highest BCUT2D eigenvalue weighted by molar-refractivity contribution is 7.21. The molecule has 4 nitrogen and oxygen atoms in total. The van der Waals surface area contributed by atoms with Crippen molar-refractivity contribution in [3.8, 4) is 16.3 Å². The summed E-state index contributed by atoms with van der Waals surface area (Å²) in [5.74, 6) is 0.572. The van der Waals surface area contributed by atoms with Gasteiger partial charge in [0, 0.05) is 16.8 Å². The van der Waals surface area contributed by atoms with Gasteiger partial charge in [-0.15, -0.1) is 11.3 Å². The van der Waals surface area contributed by atoms with E-state index >= 15 is 0 Å². The van der Waals surface area contributed by atoms with Crippen LogP contribution >= 0.6 is 11.3 Å². The maximum absolute atomic E-state index is 12.6. The summed E-state index contributed by atoms with van der Waals surface area (Å²) in [6, 6.07) is 21.0. The number of amides is 1. The number of fused-ring (bicyclic) bond motifs is 1. The summed E-state index contributed by atoms with van der Waals surface area (Å²) < 4.78 is 6.29. The standard InChI is InChI=1S/C22H18N2O2S/c1-14-17(22-24-19-7-3-4-9-20(19)27-22)6-5-8-18(14)23-21(25)15-10-12-16(26-2)13-11-15/h3-13H,1-2H3,(H,23,25). The van der Waals surface area contributed by atoms with Gasteiger partial charge in [-0.25, -0.2) is 4.98 Å². The van der Waals surface area contributed by atoms with E-state index in [1.165, 1.54) is 0 Å². The zero-order chi connectivity index (χ0) is 18.8. The average Bonchev–Trinajstić information content (AvgIpc) is 3.13. The Hall–Kier alpha value is -3.18. The van der Waals surface area contributed by atoms with Crippen LogP contribution in [0.1, 0.15) is 15.9 Å². The van der Waals surface area contributed by atoms with E-state index in [1.807, 2.05) is 43.3 Å². The molecule has 0 aliphatic heterocycles. The molecular formula is C22H18N2O2S. The molecule has 0 aliphatic carbocycles. The van der Waals surface area contributed by atoms with Crippen molar-refractivity contribution in [2.75, 3.05) is 12.4 Å². The predicted octanol–water partition coefficient (Wildman–Crippen LogP) is 5.53. The second-order valence-corrected chi connectivity index (χ2v) is 7.18. The zero-order valence-corrected chi connectivity index (χ0v) is 15.8. The summed E-state index contributed by atoms with van der Waals surface area (Å²) in [6.07, 6.45) is 0. The molecule has 3 aromatic carbocycles. The highest BCUT2D eigenvalue weighted by Crippen LogP contribution is 2.34. The Labute approximate surface area is 161 Å². The topological polar surface area (TPSA) is 51.2 Å². The SMILES string of the molecule is COc1ccc(C(=O)Nc2cccc(-c3nc4ccccc4s3)c2C)cc1. The van der Waals surface area contributed by atoms with E-state index in [0.717, 1.165) is 37.8 Å². The first-order valence-electron chi connectivity index (χ1n) is 8.56. The zero-order valence-electron chi connectivity index (χ0n) is 15.0. The van der Waals surface area contributed by atoms with Crippen LogP contribution in [0.4, 0.5) is 5.69 Å². The van der Waals surface area contributed by atoms with Gasteiger partial charge in [-0.1, -0.05) is 24.3 Å². The molecule has 0 bridgehead atoms. The van der Waals surface area contributed by atoms with Crippen molar-refractivity contribution < 1.29 is 9.53 Å². The predicted molar refractivity (Wildman–Crippen MR) is 111 cm³/mol. The molecule has 1 N–H and O–H groups in total. The number of anilines is 1. The smallest absolute Gasteiger partial charge is 0.255 e. The van der Waals surface area contributed by atoms with Gasteiger partial charge in [0.2, 0.25) is 0 Å². The number of thiazole rings is 1. The number of rotatable bonds is 4.